The number of hydrogen-bond donors (Lipinski definition) is 2. The summed E-state index contributed by atoms with van der Waals surface area (Å²) in [7, 11) is 0. The van der Waals surface area contributed by atoms with Crippen LogP contribution in [-0.4, -0.2) is 53.1 Å². The molecule has 7 heteroatoms. The summed E-state index contributed by atoms with van der Waals surface area (Å²) in [5.41, 5.74) is 1.46. The van der Waals surface area contributed by atoms with E-state index < -0.39 is 0 Å². The lowest BCUT2D eigenvalue weighted by Gasteiger charge is -2.25. The van der Waals surface area contributed by atoms with Crippen LogP contribution in [0.2, 0.25) is 0 Å². The molecule has 0 saturated carbocycles. The van der Waals surface area contributed by atoms with E-state index in [1.165, 1.54) is 5.57 Å². The summed E-state index contributed by atoms with van der Waals surface area (Å²) in [6.07, 6.45) is 6.26. The van der Waals surface area contributed by atoms with Crippen LogP contribution in [0.1, 0.15) is 37.8 Å². The smallest absolute Gasteiger partial charge is 0.191 e. The molecule has 2 N–H and O–H groups in total. The lowest BCUT2D eigenvalue weighted by atomic mass is 10.1. The van der Waals surface area contributed by atoms with Gasteiger partial charge < -0.3 is 15.4 Å². The number of fused-ring (bicyclic) bond motifs is 1. The fourth-order valence-corrected chi connectivity index (χ4v) is 3.17. The predicted molar refractivity (Wildman–Crippen MR) is 94.1 cm³/mol. The van der Waals surface area contributed by atoms with Gasteiger partial charge in [0.25, 0.3) is 0 Å². The Labute approximate surface area is 143 Å². The van der Waals surface area contributed by atoms with Gasteiger partial charge in [-0.2, -0.15) is 5.10 Å². The van der Waals surface area contributed by atoms with Crippen LogP contribution in [0.25, 0.3) is 0 Å². The number of aromatic nitrogens is 3. The van der Waals surface area contributed by atoms with Crippen molar-refractivity contribution in [1.82, 2.24) is 25.4 Å². The largest absolute Gasteiger partial charge is 0.377 e. The highest BCUT2D eigenvalue weighted by Gasteiger charge is 2.21. The lowest BCUT2D eigenvalue weighted by molar-refractivity contribution is 0.153. The monoisotopic (exact) mass is 332 g/mol. The van der Waals surface area contributed by atoms with E-state index in [2.05, 4.69) is 33.7 Å². The molecule has 1 aromatic rings. The minimum Gasteiger partial charge on any atom is -0.377 e. The summed E-state index contributed by atoms with van der Waals surface area (Å²) < 4.78 is 7.37. The first kappa shape index (κ1) is 17.0. The van der Waals surface area contributed by atoms with Gasteiger partial charge in [0.1, 0.15) is 11.6 Å². The molecule has 2 aliphatic rings. The normalized spacial score (nSPS) is 21.2. The average molecular weight is 332 g/mol. The third-order valence-electron chi connectivity index (χ3n) is 4.41. The Morgan fingerprint density at radius 3 is 3.17 bits per heavy atom. The SMILES string of the molecule is CCNC(=NCCC1=CCOCC1)NC1CCc2nc(C)nn2C1. The summed E-state index contributed by atoms with van der Waals surface area (Å²) in [5, 5.41) is 11.4. The summed E-state index contributed by atoms with van der Waals surface area (Å²) in [6.45, 7) is 8.16. The molecule has 24 heavy (non-hydrogen) atoms. The molecular formula is C17H28N6O. The van der Waals surface area contributed by atoms with Crippen LogP contribution in [0.4, 0.5) is 0 Å². The Morgan fingerprint density at radius 1 is 1.46 bits per heavy atom. The van der Waals surface area contributed by atoms with Crippen molar-refractivity contribution in [3.8, 4) is 0 Å². The van der Waals surface area contributed by atoms with Crippen molar-refractivity contribution in [3.63, 3.8) is 0 Å². The lowest BCUT2D eigenvalue weighted by Crippen LogP contribution is -2.47. The Bertz CT molecular complexity index is 606. The van der Waals surface area contributed by atoms with Crippen molar-refractivity contribution < 1.29 is 4.74 Å². The highest BCUT2D eigenvalue weighted by molar-refractivity contribution is 5.80. The van der Waals surface area contributed by atoms with E-state index in [1.807, 2.05) is 11.6 Å². The molecule has 0 aromatic carbocycles. The quantitative estimate of drug-likeness (QED) is 0.481. The van der Waals surface area contributed by atoms with Crippen molar-refractivity contribution in [2.75, 3.05) is 26.3 Å². The maximum atomic E-state index is 5.35. The first-order chi connectivity index (χ1) is 11.7. The zero-order valence-electron chi connectivity index (χ0n) is 14.7. The molecule has 1 aromatic heterocycles. The van der Waals surface area contributed by atoms with Crippen molar-refractivity contribution in [2.45, 2.75) is 52.1 Å². The van der Waals surface area contributed by atoms with Crippen LogP contribution in [-0.2, 0) is 17.7 Å². The molecule has 0 amide bonds. The maximum absolute atomic E-state index is 5.35. The molecule has 0 aliphatic carbocycles. The Morgan fingerprint density at radius 2 is 2.38 bits per heavy atom. The van der Waals surface area contributed by atoms with Gasteiger partial charge in [-0.05, 0) is 33.1 Å². The zero-order chi connectivity index (χ0) is 16.8. The number of aryl methyl sites for hydroxylation is 2. The molecule has 3 rings (SSSR count). The van der Waals surface area contributed by atoms with Gasteiger partial charge in [-0.3, -0.25) is 4.99 Å². The zero-order valence-corrected chi connectivity index (χ0v) is 14.7. The summed E-state index contributed by atoms with van der Waals surface area (Å²) in [4.78, 5) is 9.19. The topological polar surface area (TPSA) is 76.4 Å². The summed E-state index contributed by atoms with van der Waals surface area (Å²) >= 11 is 0. The average Bonchev–Trinajstić information content (AvgIpc) is 2.95. The van der Waals surface area contributed by atoms with Crippen LogP contribution >= 0.6 is 0 Å². The van der Waals surface area contributed by atoms with Crippen molar-refractivity contribution >= 4 is 5.96 Å². The number of rotatable bonds is 5. The minimum absolute atomic E-state index is 0.346. The van der Waals surface area contributed by atoms with E-state index in [0.717, 1.165) is 76.1 Å². The molecule has 1 unspecified atom stereocenters. The van der Waals surface area contributed by atoms with Crippen molar-refractivity contribution in [1.29, 1.82) is 0 Å². The number of ether oxygens (including phenoxy) is 1. The second-order valence-electron chi connectivity index (χ2n) is 6.34. The number of guanidine groups is 1. The van der Waals surface area contributed by atoms with Gasteiger partial charge in [0.15, 0.2) is 5.96 Å². The first-order valence-electron chi connectivity index (χ1n) is 8.95. The van der Waals surface area contributed by atoms with Crippen LogP contribution in [0, 0.1) is 6.92 Å². The van der Waals surface area contributed by atoms with E-state index in [4.69, 9.17) is 9.73 Å². The van der Waals surface area contributed by atoms with Crippen LogP contribution in [0.15, 0.2) is 16.6 Å². The molecular weight excluding hydrogens is 304 g/mol. The highest BCUT2D eigenvalue weighted by Crippen LogP contribution is 2.13. The Kier molecular flexibility index (Phi) is 5.85. The Hall–Kier alpha value is -1.89. The molecule has 3 heterocycles. The predicted octanol–water partition coefficient (Wildman–Crippen LogP) is 1.19. The molecule has 1 atom stereocenters. The van der Waals surface area contributed by atoms with Gasteiger partial charge in [-0.25, -0.2) is 9.67 Å². The van der Waals surface area contributed by atoms with Crippen molar-refractivity contribution in [3.05, 3.63) is 23.3 Å². The molecule has 0 saturated heterocycles. The second kappa shape index (κ2) is 8.28. The van der Waals surface area contributed by atoms with Crippen LogP contribution in [0.3, 0.4) is 0 Å². The van der Waals surface area contributed by atoms with Gasteiger partial charge in [-0.1, -0.05) is 11.6 Å². The molecule has 0 radical (unpaired) electrons. The van der Waals surface area contributed by atoms with Crippen molar-refractivity contribution in [2.24, 2.45) is 4.99 Å². The van der Waals surface area contributed by atoms with E-state index in [9.17, 15) is 0 Å². The second-order valence-corrected chi connectivity index (χ2v) is 6.34. The van der Waals surface area contributed by atoms with E-state index >= 15 is 0 Å². The molecule has 7 nitrogen and oxygen atoms in total. The molecule has 0 spiro atoms. The standard InChI is InChI=1S/C17H28N6O/c1-3-18-17(19-9-6-14-7-10-24-11-8-14)21-15-4-5-16-20-13(2)22-23(16)12-15/h7,15H,3-6,8-12H2,1-2H3,(H2,18,19,21). The Balaban J connectivity index is 1.53. The molecule has 0 bridgehead atoms. The fraction of sp³-hybridized carbons (Fsp3) is 0.706. The molecule has 0 fully saturated rings. The van der Waals surface area contributed by atoms with Gasteiger partial charge in [0.2, 0.25) is 0 Å². The number of hydrogen-bond acceptors (Lipinski definition) is 4. The molecule has 132 valence electrons. The van der Waals surface area contributed by atoms with E-state index in [0.29, 0.717) is 6.04 Å². The first-order valence-corrected chi connectivity index (χ1v) is 8.95. The van der Waals surface area contributed by atoms with Gasteiger partial charge in [0.05, 0.1) is 19.8 Å². The summed E-state index contributed by atoms with van der Waals surface area (Å²) in [6, 6.07) is 0.346. The maximum Gasteiger partial charge on any atom is 0.191 e. The fourth-order valence-electron chi connectivity index (χ4n) is 3.17. The number of aliphatic imine (C=N–C) groups is 1. The summed E-state index contributed by atoms with van der Waals surface area (Å²) in [5.74, 6) is 2.85. The number of nitrogens with one attached hydrogen (secondary N) is 2. The molecule has 2 aliphatic heterocycles. The van der Waals surface area contributed by atoms with E-state index in [1.54, 1.807) is 0 Å². The minimum atomic E-state index is 0.346. The van der Waals surface area contributed by atoms with E-state index in [-0.39, 0.29) is 0 Å². The van der Waals surface area contributed by atoms with Gasteiger partial charge >= 0.3 is 0 Å². The third kappa shape index (κ3) is 4.56. The highest BCUT2D eigenvalue weighted by atomic mass is 16.5. The van der Waals surface area contributed by atoms with Gasteiger partial charge in [-0.15, -0.1) is 0 Å². The van der Waals surface area contributed by atoms with Crippen LogP contribution < -0.4 is 10.6 Å². The van der Waals surface area contributed by atoms with Crippen LogP contribution in [0.5, 0.6) is 0 Å². The third-order valence-corrected chi connectivity index (χ3v) is 4.41. The number of nitrogens with zero attached hydrogens (tertiary/aromatic N) is 4. The van der Waals surface area contributed by atoms with Gasteiger partial charge in [0, 0.05) is 25.6 Å².